The molecule has 3 heterocycles. The first-order valence-corrected chi connectivity index (χ1v) is 9.03. The number of rotatable bonds is 6. The van der Waals surface area contributed by atoms with Crippen LogP contribution in [-0.2, 0) is 9.53 Å². The van der Waals surface area contributed by atoms with Crippen LogP contribution in [0.3, 0.4) is 0 Å². The van der Waals surface area contributed by atoms with Crippen LogP contribution in [0.5, 0.6) is 0 Å². The number of nitrogens with one attached hydrogen (secondary N) is 2. The summed E-state index contributed by atoms with van der Waals surface area (Å²) in [6.45, 7) is 4.97. The van der Waals surface area contributed by atoms with Crippen molar-refractivity contribution in [2.75, 3.05) is 26.2 Å². The molecule has 1 aromatic heterocycles. The highest BCUT2D eigenvalue weighted by Gasteiger charge is 2.29. The van der Waals surface area contributed by atoms with Gasteiger partial charge in [0, 0.05) is 31.3 Å². The number of hydrogen-bond donors (Lipinski definition) is 3. The Morgan fingerprint density at radius 3 is 3.00 bits per heavy atom. The number of nitrogens with zero attached hydrogens (tertiary/aromatic N) is 2. The molecule has 3 atom stereocenters. The van der Waals surface area contributed by atoms with Crippen LogP contribution >= 0.6 is 0 Å². The summed E-state index contributed by atoms with van der Waals surface area (Å²) in [5, 5.41) is 9.88. The summed E-state index contributed by atoms with van der Waals surface area (Å²) in [5.41, 5.74) is 6.43. The van der Waals surface area contributed by atoms with E-state index in [1.165, 1.54) is 0 Å². The van der Waals surface area contributed by atoms with Crippen LogP contribution < -0.4 is 11.1 Å². The lowest BCUT2D eigenvalue weighted by atomic mass is 9.93. The van der Waals surface area contributed by atoms with Crippen molar-refractivity contribution in [2.45, 2.75) is 50.7 Å². The van der Waals surface area contributed by atoms with Gasteiger partial charge in [-0.3, -0.25) is 19.6 Å². The minimum Gasteiger partial charge on any atom is -0.376 e. The summed E-state index contributed by atoms with van der Waals surface area (Å²) in [6, 6.07) is 1.53. The first-order valence-electron chi connectivity index (χ1n) is 9.03. The lowest BCUT2D eigenvalue weighted by Gasteiger charge is -2.35. The molecule has 8 heteroatoms. The monoisotopic (exact) mass is 349 g/mol. The van der Waals surface area contributed by atoms with E-state index in [0.29, 0.717) is 6.54 Å². The van der Waals surface area contributed by atoms with Crippen molar-refractivity contribution in [3.05, 3.63) is 17.5 Å². The lowest BCUT2D eigenvalue weighted by molar-refractivity contribution is -0.126. The van der Waals surface area contributed by atoms with Gasteiger partial charge in [-0.15, -0.1) is 0 Å². The number of primary amides is 1. The molecule has 0 spiro atoms. The number of carbonyl (C=O) groups is 2. The fourth-order valence-corrected chi connectivity index (χ4v) is 3.62. The van der Waals surface area contributed by atoms with Gasteiger partial charge in [0.2, 0.25) is 5.91 Å². The fraction of sp³-hybridized carbons (Fsp3) is 0.706. The summed E-state index contributed by atoms with van der Waals surface area (Å²) in [4.78, 5) is 25.8. The van der Waals surface area contributed by atoms with Gasteiger partial charge in [0.15, 0.2) is 0 Å². The van der Waals surface area contributed by atoms with Crippen LogP contribution in [0, 0.1) is 0 Å². The SMILES string of the molecule is C[C@H](C(=O)NC[C@@H]1CCCO1)N1CCC[C@@H](c2cc(C(N)=O)n[nH]2)C1. The van der Waals surface area contributed by atoms with E-state index in [0.717, 1.165) is 51.1 Å². The van der Waals surface area contributed by atoms with E-state index in [2.05, 4.69) is 20.4 Å². The molecular weight excluding hydrogens is 322 g/mol. The number of carbonyl (C=O) groups excluding carboxylic acids is 2. The van der Waals surface area contributed by atoms with Gasteiger partial charge in [0.25, 0.3) is 5.91 Å². The fourth-order valence-electron chi connectivity index (χ4n) is 3.62. The predicted octanol–water partition coefficient (Wildman–Crippen LogP) is 0.372. The van der Waals surface area contributed by atoms with Gasteiger partial charge in [-0.2, -0.15) is 5.10 Å². The van der Waals surface area contributed by atoms with Crippen LogP contribution in [0.4, 0.5) is 0 Å². The maximum Gasteiger partial charge on any atom is 0.269 e. The van der Waals surface area contributed by atoms with Gasteiger partial charge in [0.05, 0.1) is 12.1 Å². The maximum atomic E-state index is 12.4. The third kappa shape index (κ3) is 4.38. The molecule has 0 aromatic carbocycles. The van der Waals surface area contributed by atoms with E-state index in [1.54, 1.807) is 6.07 Å². The zero-order chi connectivity index (χ0) is 17.8. The summed E-state index contributed by atoms with van der Waals surface area (Å²) in [7, 11) is 0. The number of likely N-dealkylation sites (tertiary alicyclic amines) is 1. The second-order valence-corrected chi connectivity index (χ2v) is 6.96. The van der Waals surface area contributed by atoms with Crippen molar-refractivity contribution in [2.24, 2.45) is 5.73 Å². The molecule has 2 saturated heterocycles. The Morgan fingerprint density at radius 2 is 2.32 bits per heavy atom. The third-order valence-electron chi connectivity index (χ3n) is 5.20. The highest BCUT2D eigenvalue weighted by atomic mass is 16.5. The van der Waals surface area contributed by atoms with E-state index in [9.17, 15) is 9.59 Å². The number of H-pyrrole nitrogens is 1. The van der Waals surface area contributed by atoms with E-state index in [4.69, 9.17) is 10.5 Å². The zero-order valence-electron chi connectivity index (χ0n) is 14.7. The molecule has 0 unspecified atom stereocenters. The number of aromatic nitrogens is 2. The first kappa shape index (κ1) is 17.9. The van der Waals surface area contributed by atoms with E-state index >= 15 is 0 Å². The third-order valence-corrected chi connectivity index (χ3v) is 5.20. The molecule has 0 aliphatic carbocycles. The molecule has 3 rings (SSSR count). The molecule has 2 aliphatic heterocycles. The van der Waals surface area contributed by atoms with Crippen molar-refractivity contribution in [3.8, 4) is 0 Å². The first-order chi connectivity index (χ1) is 12.0. The highest BCUT2D eigenvalue weighted by Crippen LogP contribution is 2.27. The Labute approximate surface area is 147 Å². The Balaban J connectivity index is 1.54. The maximum absolute atomic E-state index is 12.4. The van der Waals surface area contributed by atoms with Gasteiger partial charge >= 0.3 is 0 Å². The molecule has 1 aromatic rings. The Hall–Kier alpha value is -1.93. The van der Waals surface area contributed by atoms with Crippen LogP contribution in [0.2, 0.25) is 0 Å². The minimum absolute atomic E-state index is 0.0404. The molecule has 0 saturated carbocycles. The molecule has 2 fully saturated rings. The van der Waals surface area contributed by atoms with Crippen LogP contribution in [0.25, 0.3) is 0 Å². The number of nitrogens with two attached hydrogens (primary N) is 1. The minimum atomic E-state index is -0.531. The van der Waals surface area contributed by atoms with Crippen LogP contribution in [0.1, 0.15) is 54.7 Å². The average Bonchev–Trinajstić information content (AvgIpc) is 3.30. The standard InChI is InChI=1S/C17H27N5O3/c1-11(17(24)19-9-13-5-3-7-25-13)22-6-2-4-12(10-22)14-8-15(16(18)23)21-20-14/h8,11-13H,2-7,9-10H2,1H3,(H2,18,23)(H,19,24)(H,20,21)/t11-,12-,13+/m1/s1. The largest absolute Gasteiger partial charge is 0.376 e. The zero-order valence-corrected chi connectivity index (χ0v) is 14.7. The van der Waals surface area contributed by atoms with Gasteiger partial charge in [0.1, 0.15) is 5.69 Å². The van der Waals surface area contributed by atoms with Crippen LogP contribution in [0.15, 0.2) is 6.07 Å². The highest BCUT2D eigenvalue weighted by molar-refractivity contribution is 5.90. The smallest absolute Gasteiger partial charge is 0.269 e. The van der Waals surface area contributed by atoms with E-state index in [1.807, 2.05) is 6.92 Å². The van der Waals surface area contributed by atoms with Gasteiger partial charge in [-0.1, -0.05) is 0 Å². The number of piperidine rings is 1. The van der Waals surface area contributed by atoms with Gasteiger partial charge in [-0.05, 0) is 45.2 Å². The summed E-state index contributed by atoms with van der Waals surface area (Å²) < 4.78 is 5.55. The molecule has 0 radical (unpaired) electrons. The van der Waals surface area contributed by atoms with Crippen LogP contribution in [-0.4, -0.2) is 65.3 Å². The second-order valence-electron chi connectivity index (χ2n) is 6.96. The van der Waals surface area contributed by atoms with Crippen molar-refractivity contribution in [1.29, 1.82) is 0 Å². The number of ether oxygens (including phenoxy) is 1. The molecular formula is C17H27N5O3. The van der Waals surface area contributed by atoms with E-state index < -0.39 is 5.91 Å². The van der Waals surface area contributed by atoms with Gasteiger partial charge in [-0.25, -0.2) is 0 Å². The topological polar surface area (TPSA) is 113 Å². The molecule has 2 amide bonds. The van der Waals surface area contributed by atoms with Gasteiger partial charge < -0.3 is 15.8 Å². The molecule has 138 valence electrons. The van der Waals surface area contributed by atoms with Crippen molar-refractivity contribution >= 4 is 11.8 Å². The second kappa shape index (κ2) is 7.97. The number of amides is 2. The predicted molar refractivity (Wildman–Crippen MR) is 92.1 cm³/mol. The van der Waals surface area contributed by atoms with Crippen molar-refractivity contribution in [3.63, 3.8) is 0 Å². The summed E-state index contributed by atoms with van der Waals surface area (Å²) >= 11 is 0. The molecule has 8 nitrogen and oxygen atoms in total. The lowest BCUT2D eigenvalue weighted by Crippen LogP contribution is -2.49. The average molecular weight is 349 g/mol. The Kier molecular flexibility index (Phi) is 5.70. The number of aromatic amines is 1. The van der Waals surface area contributed by atoms with Crippen molar-refractivity contribution in [1.82, 2.24) is 20.4 Å². The normalized spacial score (nSPS) is 25.6. The molecule has 25 heavy (non-hydrogen) atoms. The quantitative estimate of drug-likeness (QED) is 0.687. The molecule has 2 aliphatic rings. The molecule has 0 bridgehead atoms. The number of hydrogen-bond acceptors (Lipinski definition) is 5. The Morgan fingerprint density at radius 1 is 1.48 bits per heavy atom. The summed E-state index contributed by atoms with van der Waals surface area (Å²) in [6.07, 6.45) is 4.24. The summed E-state index contributed by atoms with van der Waals surface area (Å²) in [5.74, 6) is -0.265. The Bertz CT molecular complexity index is 611. The molecule has 4 N–H and O–H groups in total. The van der Waals surface area contributed by atoms with Crippen molar-refractivity contribution < 1.29 is 14.3 Å². The van der Waals surface area contributed by atoms with E-state index in [-0.39, 0.29) is 29.7 Å².